The number of nitrogens with zero attached hydrogens (tertiary/aromatic N) is 3. The molecular weight excluding hydrogens is 566 g/mol. The maximum Gasteiger partial charge on any atom is 0.363 e. The molecule has 1 aromatic heterocycles. The number of aromatic nitrogens is 3. The van der Waals surface area contributed by atoms with Gasteiger partial charge in [-0.2, -0.15) is 8.17 Å². The molecule has 0 aliphatic rings. The molecule has 2 atom stereocenters. The lowest BCUT2D eigenvalue weighted by Crippen LogP contribution is -2.27. The van der Waals surface area contributed by atoms with Crippen molar-refractivity contribution in [2.24, 2.45) is 0 Å². The van der Waals surface area contributed by atoms with Gasteiger partial charge in [0, 0.05) is 23.9 Å². The third kappa shape index (κ3) is 5.78. The number of hydrogen-bond acceptors (Lipinski definition) is 4. The van der Waals surface area contributed by atoms with E-state index in [-0.39, 0.29) is 15.7 Å². The number of benzene rings is 1. The first-order valence-corrected chi connectivity index (χ1v) is 11.7. The fourth-order valence-corrected chi connectivity index (χ4v) is 4.46. The molecule has 1 heterocycles. The summed E-state index contributed by atoms with van der Waals surface area (Å²) in [4.78, 5) is 23.7. The summed E-state index contributed by atoms with van der Waals surface area (Å²) in [6.45, 7) is 0. The van der Waals surface area contributed by atoms with Gasteiger partial charge in [-0.05, 0) is 18.2 Å². The van der Waals surface area contributed by atoms with E-state index in [0.29, 0.717) is 0 Å². The van der Waals surface area contributed by atoms with E-state index in [1.807, 2.05) is 0 Å². The van der Waals surface area contributed by atoms with Crippen molar-refractivity contribution in [3.8, 4) is 5.69 Å². The average Bonchev–Trinajstić information content (AvgIpc) is 2.81. The van der Waals surface area contributed by atoms with Gasteiger partial charge < -0.3 is 0 Å². The normalized spacial score (nSPS) is 14.1. The van der Waals surface area contributed by atoms with Crippen molar-refractivity contribution in [1.29, 1.82) is 0 Å². The molecule has 27 heavy (non-hydrogen) atoms. The summed E-state index contributed by atoms with van der Waals surface area (Å²) >= 11 is 48.3. The SMILES string of the molecule is O=c1n(-c2ccc(Cl)c(Cl)c2)c(=O)n(SC(Cl)C(Cl)Cl)n1SC(Cl)C(Cl)Cl. The van der Waals surface area contributed by atoms with E-state index in [0.717, 1.165) is 36.6 Å². The third-order valence-electron chi connectivity index (χ3n) is 2.83. The number of halogens is 8. The smallest absolute Gasteiger partial charge is 0.244 e. The van der Waals surface area contributed by atoms with Crippen LogP contribution in [-0.2, 0) is 0 Å². The van der Waals surface area contributed by atoms with E-state index in [2.05, 4.69) is 0 Å². The van der Waals surface area contributed by atoms with Crippen LogP contribution >= 0.6 is 117 Å². The minimum Gasteiger partial charge on any atom is -0.244 e. The second kappa shape index (κ2) is 10.3. The molecule has 5 nitrogen and oxygen atoms in total. The van der Waals surface area contributed by atoms with Gasteiger partial charge in [0.05, 0.1) is 15.7 Å². The van der Waals surface area contributed by atoms with Crippen LogP contribution in [0.4, 0.5) is 0 Å². The molecule has 2 rings (SSSR count). The lowest BCUT2D eigenvalue weighted by Gasteiger charge is -2.14. The first-order valence-electron chi connectivity index (χ1n) is 6.65. The Morgan fingerprint density at radius 3 is 1.56 bits per heavy atom. The maximum atomic E-state index is 12.9. The Kier molecular flexibility index (Phi) is 9.28. The molecule has 0 radical (unpaired) electrons. The molecule has 2 aromatic rings. The molecule has 0 aliphatic carbocycles. The second-order valence-electron chi connectivity index (χ2n) is 4.63. The van der Waals surface area contributed by atoms with Crippen LogP contribution in [0.1, 0.15) is 0 Å². The van der Waals surface area contributed by atoms with Crippen LogP contribution in [0.15, 0.2) is 27.8 Å². The van der Waals surface area contributed by atoms with E-state index in [9.17, 15) is 9.59 Å². The van der Waals surface area contributed by atoms with Crippen LogP contribution in [0.2, 0.25) is 10.0 Å². The van der Waals surface area contributed by atoms with Crippen LogP contribution in [0, 0.1) is 0 Å². The van der Waals surface area contributed by atoms with Gasteiger partial charge in [0.15, 0.2) is 0 Å². The zero-order chi connectivity index (χ0) is 20.5. The summed E-state index contributed by atoms with van der Waals surface area (Å²) in [5.41, 5.74) is -1.31. The monoisotopic (exact) mass is 569 g/mol. The molecule has 0 bridgehead atoms. The van der Waals surface area contributed by atoms with Crippen molar-refractivity contribution < 1.29 is 0 Å². The topological polar surface area (TPSA) is 48.9 Å². The van der Waals surface area contributed by atoms with Crippen molar-refractivity contribution in [3.05, 3.63) is 49.2 Å². The predicted molar refractivity (Wildman–Crippen MR) is 121 cm³/mol. The highest BCUT2D eigenvalue weighted by Gasteiger charge is 2.27. The van der Waals surface area contributed by atoms with Crippen LogP contribution in [0.3, 0.4) is 0 Å². The maximum absolute atomic E-state index is 12.9. The average molecular weight is 573 g/mol. The molecule has 0 N–H and O–H groups in total. The van der Waals surface area contributed by atoms with E-state index >= 15 is 0 Å². The van der Waals surface area contributed by atoms with Crippen molar-refractivity contribution in [2.45, 2.75) is 19.1 Å². The zero-order valence-electron chi connectivity index (χ0n) is 12.5. The van der Waals surface area contributed by atoms with Gasteiger partial charge in [-0.3, -0.25) is 0 Å². The van der Waals surface area contributed by atoms with Crippen molar-refractivity contribution in [3.63, 3.8) is 0 Å². The first kappa shape index (κ1) is 24.3. The summed E-state index contributed by atoms with van der Waals surface area (Å²) in [5, 5.41) is 0.423. The van der Waals surface area contributed by atoms with Gasteiger partial charge in [-0.1, -0.05) is 23.2 Å². The van der Waals surface area contributed by atoms with Gasteiger partial charge in [-0.25, -0.2) is 14.2 Å². The molecular formula is C12H7Cl8N3O2S2. The summed E-state index contributed by atoms with van der Waals surface area (Å²) in [7, 11) is 0. The third-order valence-corrected chi connectivity index (χ3v) is 8.76. The van der Waals surface area contributed by atoms with Gasteiger partial charge in [0.2, 0.25) is 0 Å². The lowest BCUT2D eigenvalue weighted by molar-refractivity contribution is 0.882. The molecule has 0 fully saturated rings. The molecule has 1 aromatic carbocycles. The fraction of sp³-hybridized carbons (Fsp3) is 0.333. The Morgan fingerprint density at radius 2 is 1.19 bits per heavy atom. The molecule has 0 amide bonds. The highest BCUT2D eigenvalue weighted by atomic mass is 35.5. The minimum absolute atomic E-state index is 0.161. The van der Waals surface area contributed by atoms with E-state index < -0.39 is 30.5 Å². The van der Waals surface area contributed by atoms with Crippen LogP contribution in [0.25, 0.3) is 5.69 Å². The predicted octanol–water partition coefficient (Wildman–Crippen LogP) is 5.84. The molecule has 15 heteroatoms. The van der Waals surface area contributed by atoms with Crippen LogP contribution in [0.5, 0.6) is 0 Å². The highest BCUT2D eigenvalue weighted by Crippen LogP contribution is 2.30. The van der Waals surface area contributed by atoms with Gasteiger partial charge in [0.25, 0.3) is 0 Å². The largest absolute Gasteiger partial charge is 0.363 e. The number of hydrogen-bond donors (Lipinski definition) is 0. The Labute approximate surface area is 201 Å². The van der Waals surface area contributed by atoms with E-state index in [1.165, 1.54) is 18.2 Å². The van der Waals surface area contributed by atoms with Gasteiger partial charge in [-0.15, -0.1) is 69.6 Å². The van der Waals surface area contributed by atoms with Gasteiger partial charge in [0.1, 0.15) is 19.1 Å². The molecule has 0 saturated carbocycles. The minimum atomic E-state index is -1.02. The molecule has 2 unspecified atom stereocenters. The number of rotatable bonds is 7. The lowest BCUT2D eigenvalue weighted by atomic mass is 10.3. The Morgan fingerprint density at radius 1 is 0.741 bits per heavy atom. The van der Waals surface area contributed by atoms with E-state index in [4.69, 9.17) is 92.8 Å². The summed E-state index contributed by atoms with van der Waals surface area (Å²) in [5.74, 6) is 0. The zero-order valence-corrected chi connectivity index (χ0v) is 20.2. The quantitative estimate of drug-likeness (QED) is 0.391. The first-order chi connectivity index (χ1) is 12.5. The van der Waals surface area contributed by atoms with Gasteiger partial charge >= 0.3 is 11.4 Å². The summed E-state index contributed by atoms with van der Waals surface area (Å²) in [6.07, 6.45) is 0. The molecule has 0 saturated heterocycles. The summed E-state index contributed by atoms with van der Waals surface area (Å²) < 4.78 is 0.870. The number of alkyl halides is 6. The van der Waals surface area contributed by atoms with Crippen molar-refractivity contribution in [1.82, 2.24) is 12.7 Å². The Hall–Kier alpha value is 0.980. The standard InChI is InChI=1S/C12H7Cl8N3O2S2/c13-5-2-1-4(3-6(5)14)21-11(24)22(26-9(19)7(15)16)23(12(21)25)27-10(20)8(17)18/h1-3,7-10H. The molecule has 0 spiro atoms. The Bertz CT molecular complexity index is 881. The highest BCUT2D eigenvalue weighted by molar-refractivity contribution is 8.02. The van der Waals surface area contributed by atoms with Crippen molar-refractivity contribution in [2.75, 3.05) is 0 Å². The summed E-state index contributed by atoms with van der Waals surface area (Å²) in [6, 6.07) is 4.27. The van der Waals surface area contributed by atoms with E-state index in [1.54, 1.807) is 0 Å². The molecule has 0 aliphatic heterocycles. The van der Waals surface area contributed by atoms with Crippen molar-refractivity contribution >= 4 is 117 Å². The second-order valence-corrected chi connectivity index (χ2v) is 11.4. The Balaban J connectivity index is 2.64. The molecule has 150 valence electrons. The van der Waals surface area contributed by atoms with Crippen LogP contribution in [-0.4, -0.2) is 31.8 Å². The fourth-order valence-electron chi connectivity index (χ4n) is 1.71. The van der Waals surface area contributed by atoms with Crippen LogP contribution < -0.4 is 11.4 Å².